The third-order valence-electron chi connectivity index (χ3n) is 2.94. The van der Waals surface area contributed by atoms with Crippen LogP contribution >= 0.6 is 34.8 Å². The van der Waals surface area contributed by atoms with Crippen LogP contribution < -0.4 is 0 Å². The third kappa shape index (κ3) is 2.16. The smallest absolute Gasteiger partial charge is 0.140 e. The summed E-state index contributed by atoms with van der Waals surface area (Å²) in [6.07, 6.45) is 1.76. The first-order valence-electron chi connectivity index (χ1n) is 5.51. The molecule has 2 aromatic carbocycles. The Balaban J connectivity index is 2.30. The van der Waals surface area contributed by atoms with Crippen molar-refractivity contribution in [3.05, 3.63) is 51.6 Å². The average molecular weight is 313 g/mol. The van der Waals surface area contributed by atoms with Crippen LogP contribution in [0.25, 0.3) is 22.0 Å². The van der Waals surface area contributed by atoms with Gasteiger partial charge < -0.3 is 10.1 Å². The molecule has 1 aromatic heterocycles. The van der Waals surface area contributed by atoms with Gasteiger partial charge in [0.1, 0.15) is 5.75 Å². The quantitative estimate of drug-likeness (QED) is 0.572. The number of H-pyrrole nitrogens is 1. The van der Waals surface area contributed by atoms with Crippen LogP contribution in [0, 0.1) is 0 Å². The van der Waals surface area contributed by atoms with Crippen molar-refractivity contribution in [3.8, 4) is 16.9 Å². The van der Waals surface area contributed by atoms with Crippen molar-refractivity contribution in [1.29, 1.82) is 0 Å². The molecule has 0 radical (unpaired) electrons. The van der Waals surface area contributed by atoms with Crippen molar-refractivity contribution in [3.63, 3.8) is 0 Å². The zero-order valence-electron chi connectivity index (χ0n) is 9.55. The minimum absolute atomic E-state index is 0.157. The van der Waals surface area contributed by atoms with E-state index in [0.717, 1.165) is 10.9 Å². The Morgan fingerprint density at radius 2 is 1.79 bits per heavy atom. The van der Waals surface area contributed by atoms with E-state index in [9.17, 15) is 5.11 Å². The van der Waals surface area contributed by atoms with Gasteiger partial charge in [-0.25, -0.2) is 0 Å². The highest BCUT2D eigenvalue weighted by Crippen LogP contribution is 2.39. The maximum Gasteiger partial charge on any atom is 0.140 e. The summed E-state index contributed by atoms with van der Waals surface area (Å²) in [5.74, 6) is 0.157. The van der Waals surface area contributed by atoms with Gasteiger partial charge in [-0.05, 0) is 35.9 Å². The molecule has 3 aromatic rings. The first-order chi connectivity index (χ1) is 9.06. The number of rotatable bonds is 1. The number of nitrogens with one attached hydrogen (secondary N) is 1. The van der Waals surface area contributed by atoms with Gasteiger partial charge in [0.15, 0.2) is 0 Å². The van der Waals surface area contributed by atoms with Crippen LogP contribution in [0.2, 0.25) is 15.1 Å². The van der Waals surface area contributed by atoms with Crippen LogP contribution in [-0.2, 0) is 0 Å². The van der Waals surface area contributed by atoms with Gasteiger partial charge in [0, 0.05) is 22.2 Å². The molecule has 0 fully saturated rings. The summed E-state index contributed by atoms with van der Waals surface area (Å²) in [6.45, 7) is 0. The molecular weight excluding hydrogens is 305 g/mol. The van der Waals surface area contributed by atoms with Crippen LogP contribution in [-0.4, -0.2) is 10.1 Å². The normalized spacial score (nSPS) is 11.1. The maximum atomic E-state index is 9.99. The van der Waals surface area contributed by atoms with E-state index in [1.807, 2.05) is 12.1 Å². The van der Waals surface area contributed by atoms with E-state index in [1.54, 1.807) is 24.4 Å². The number of aromatic amines is 1. The van der Waals surface area contributed by atoms with Crippen molar-refractivity contribution in [2.45, 2.75) is 0 Å². The fourth-order valence-electron chi connectivity index (χ4n) is 2.07. The maximum absolute atomic E-state index is 9.99. The standard InChI is InChI=1S/C14H8Cl3NO/c15-9-5-10(13(17)11(16)6-9)8-3-7-1-2-18-14(7)12(19)4-8/h1-6,18-19H. The van der Waals surface area contributed by atoms with Gasteiger partial charge in [0.2, 0.25) is 0 Å². The lowest BCUT2D eigenvalue weighted by Crippen LogP contribution is -1.83. The number of benzene rings is 2. The molecule has 0 atom stereocenters. The molecule has 5 heteroatoms. The van der Waals surface area contributed by atoms with E-state index in [1.165, 1.54) is 0 Å². The molecule has 0 unspecified atom stereocenters. The monoisotopic (exact) mass is 311 g/mol. The van der Waals surface area contributed by atoms with E-state index < -0.39 is 0 Å². The van der Waals surface area contributed by atoms with E-state index >= 15 is 0 Å². The minimum atomic E-state index is 0.157. The Morgan fingerprint density at radius 1 is 1.00 bits per heavy atom. The molecule has 3 rings (SSSR count). The summed E-state index contributed by atoms with van der Waals surface area (Å²) in [6, 6.07) is 8.73. The third-order valence-corrected chi connectivity index (χ3v) is 3.96. The first kappa shape index (κ1) is 12.7. The number of phenols is 1. The Labute approximate surface area is 124 Å². The van der Waals surface area contributed by atoms with Crippen molar-refractivity contribution in [2.75, 3.05) is 0 Å². The highest BCUT2D eigenvalue weighted by Gasteiger charge is 2.12. The highest BCUT2D eigenvalue weighted by atomic mass is 35.5. The molecule has 0 aliphatic carbocycles. The topological polar surface area (TPSA) is 36.0 Å². The van der Waals surface area contributed by atoms with Crippen LogP contribution in [0.15, 0.2) is 36.5 Å². The summed E-state index contributed by atoms with van der Waals surface area (Å²) in [5, 5.41) is 12.2. The van der Waals surface area contributed by atoms with Gasteiger partial charge in [0.05, 0.1) is 15.6 Å². The van der Waals surface area contributed by atoms with Gasteiger partial charge in [-0.15, -0.1) is 0 Å². The molecule has 96 valence electrons. The fraction of sp³-hybridized carbons (Fsp3) is 0. The molecule has 1 heterocycles. The average Bonchev–Trinajstić information content (AvgIpc) is 2.82. The van der Waals surface area contributed by atoms with Gasteiger partial charge in [0.25, 0.3) is 0 Å². The predicted octanol–water partition coefficient (Wildman–Crippen LogP) is 5.50. The zero-order valence-corrected chi connectivity index (χ0v) is 11.8. The second kappa shape index (κ2) is 4.64. The molecular formula is C14H8Cl3NO. The molecule has 0 bridgehead atoms. The number of aromatic nitrogens is 1. The minimum Gasteiger partial charge on any atom is -0.506 e. The summed E-state index contributed by atoms with van der Waals surface area (Å²) >= 11 is 18.2. The summed E-state index contributed by atoms with van der Waals surface area (Å²) in [4.78, 5) is 2.97. The highest BCUT2D eigenvalue weighted by molar-refractivity contribution is 6.45. The van der Waals surface area contributed by atoms with E-state index in [4.69, 9.17) is 34.8 Å². The number of phenolic OH excluding ortho intramolecular Hbond substituents is 1. The van der Waals surface area contributed by atoms with Gasteiger partial charge >= 0.3 is 0 Å². The van der Waals surface area contributed by atoms with Crippen LogP contribution in [0.3, 0.4) is 0 Å². The summed E-state index contributed by atoms with van der Waals surface area (Å²) in [5.41, 5.74) is 2.14. The lowest BCUT2D eigenvalue weighted by atomic mass is 10.0. The summed E-state index contributed by atoms with van der Waals surface area (Å²) in [7, 11) is 0. The van der Waals surface area contributed by atoms with Gasteiger partial charge in [-0.2, -0.15) is 0 Å². The molecule has 0 saturated carbocycles. The van der Waals surface area contributed by atoms with Gasteiger partial charge in [-0.1, -0.05) is 34.8 Å². The summed E-state index contributed by atoms with van der Waals surface area (Å²) < 4.78 is 0. The molecule has 0 aliphatic heterocycles. The second-order valence-corrected chi connectivity index (χ2v) is 5.41. The molecule has 2 nitrogen and oxygen atoms in total. The van der Waals surface area contributed by atoms with Gasteiger partial charge in [-0.3, -0.25) is 0 Å². The van der Waals surface area contributed by atoms with Crippen molar-refractivity contribution < 1.29 is 5.11 Å². The molecule has 19 heavy (non-hydrogen) atoms. The lowest BCUT2D eigenvalue weighted by Gasteiger charge is -2.08. The molecule has 0 spiro atoms. The fourth-order valence-corrected chi connectivity index (χ4v) is 2.79. The number of halogens is 3. The molecule has 0 aliphatic rings. The number of hydrogen-bond donors (Lipinski definition) is 2. The Bertz CT molecular complexity index is 780. The first-order valence-corrected chi connectivity index (χ1v) is 6.64. The Kier molecular flexibility index (Phi) is 3.09. The molecule has 0 saturated heterocycles. The number of fused-ring (bicyclic) bond motifs is 1. The van der Waals surface area contributed by atoms with Crippen LogP contribution in [0.4, 0.5) is 0 Å². The largest absolute Gasteiger partial charge is 0.506 e. The van der Waals surface area contributed by atoms with E-state index in [2.05, 4.69) is 4.98 Å². The Morgan fingerprint density at radius 3 is 2.58 bits per heavy atom. The number of hydrogen-bond acceptors (Lipinski definition) is 1. The lowest BCUT2D eigenvalue weighted by molar-refractivity contribution is 0.481. The molecule has 0 amide bonds. The second-order valence-electron chi connectivity index (χ2n) is 4.19. The number of aromatic hydroxyl groups is 1. The predicted molar refractivity (Wildman–Crippen MR) is 80.4 cm³/mol. The van der Waals surface area contributed by atoms with Crippen LogP contribution in [0.5, 0.6) is 5.75 Å². The van der Waals surface area contributed by atoms with E-state index in [-0.39, 0.29) is 5.75 Å². The van der Waals surface area contributed by atoms with E-state index in [0.29, 0.717) is 26.1 Å². The zero-order chi connectivity index (χ0) is 13.6. The van der Waals surface area contributed by atoms with Crippen molar-refractivity contribution in [2.24, 2.45) is 0 Å². The van der Waals surface area contributed by atoms with Crippen LogP contribution in [0.1, 0.15) is 0 Å². The van der Waals surface area contributed by atoms with Crippen molar-refractivity contribution in [1.82, 2.24) is 4.98 Å². The SMILES string of the molecule is Oc1cc(-c2cc(Cl)cc(Cl)c2Cl)cc2cc[nH]c12. The molecule has 2 N–H and O–H groups in total. The van der Waals surface area contributed by atoms with Crippen molar-refractivity contribution >= 4 is 45.7 Å². The Hall–Kier alpha value is -1.35.